The van der Waals surface area contributed by atoms with Gasteiger partial charge in [0.15, 0.2) is 6.61 Å². The normalized spacial score (nSPS) is 14.0. The number of amides is 2. The van der Waals surface area contributed by atoms with Crippen molar-refractivity contribution in [3.05, 3.63) is 35.9 Å². The highest BCUT2D eigenvalue weighted by Gasteiger charge is 2.24. The minimum atomic E-state index is -0.561. The zero-order valence-corrected chi connectivity index (χ0v) is 12.9. The number of esters is 1. The fourth-order valence-corrected chi connectivity index (χ4v) is 2.78. The molecule has 1 heterocycles. The zero-order valence-electron chi connectivity index (χ0n) is 12.1. The lowest BCUT2D eigenvalue weighted by Gasteiger charge is -2.13. The molecule has 6 nitrogen and oxygen atoms in total. The van der Waals surface area contributed by atoms with Crippen LogP contribution in [0.1, 0.15) is 5.56 Å². The van der Waals surface area contributed by atoms with E-state index in [9.17, 15) is 14.4 Å². The molecule has 118 valence electrons. The van der Waals surface area contributed by atoms with Gasteiger partial charge in [0.2, 0.25) is 0 Å². The van der Waals surface area contributed by atoms with Crippen LogP contribution in [0.5, 0.6) is 0 Å². The highest BCUT2D eigenvalue weighted by Crippen LogP contribution is 2.16. The maximum Gasteiger partial charge on any atom is 0.326 e. The molecular formula is C15H18N2O4S. The Balaban J connectivity index is 1.59. The van der Waals surface area contributed by atoms with Gasteiger partial charge in [0.05, 0.1) is 0 Å². The molecule has 0 aromatic heterocycles. The number of hydrogen-bond donors (Lipinski definition) is 1. The van der Waals surface area contributed by atoms with E-state index in [1.165, 1.54) is 16.7 Å². The van der Waals surface area contributed by atoms with Crippen molar-refractivity contribution in [1.82, 2.24) is 10.2 Å². The van der Waals surface area contributed by atoms with E-state index in [1.54, 1.807) is 0 Å². The van der Waals surface area contributed by atoms with E-state index in [2.05, 4.69) is 5.32 Å². The molecule has 0 radical (unpaired) electrons. The first-order valence-electron chi connectivity index (χ1n) is 7.03. The Morgan fingerprint density at radius 1 is 1.27 bits per heavy atom. The van der Waals surface area contributed by atoms with Gasteiger partial charge in [-0.2, -0.15) is 0 Å². The Kier molecular flexibility index (Phi) is 6.27. The number of rotatable bonds is 7. The third-order valence-electron chi connectivity index (χ3n) is 3.11. The standard InChI is InChI=1S/C15H18N2O4S/c18-13(16-7-6-12-4-2-1-3-5-12)11-21-14(19)10-17-8-9-22-15(17)20/h1-5H,6-11H2,(H,16,18). The largest absolute Gasteiger partial charge is 0.454 e. The first kappa shape index (κ1) is 16.4. The molecule has 0 spiro atoms. The average molecular weight is 322 g/mol. The maximum atomic E-state index is 11.6. The lowest BCUT2D eigenvalue weighted by Crippen LogP contribution is -2.34. The van der Waals surface area contributed by atoms with E-state index < -0.39 is 5.97 Å². The van der Waals surface area contributed by atoms with Crippen molar-refractivity contribution in [3.8, 4) is 0 Å². The van der Waals surface area contributed by atoms with Crippen LogP contribution >= 0.6 is 11.8 Å². The number of thioether (sulfide) groups is 1. The van der Waals surface area contributed by atoms with Gasteiger partial charge in [-0.15, -0.1) is 0 Å². The smallest absolute Gasteiger partial charge is 0.326 e. The third kappa shape index (κ3) is 5.40. The molecule has 1 aromatic carbocycles. The first-order chi connectivity index (χ1) is 10.6. The second-order valence-corrected chi connectivity index (χ2v) is 5.83. The summed E-state index contributed by atoms with van der Waals surface area (Å²) in [6, 6.07) is 9.79. The molecule has 1 aliphatic rings. The Labute approximate surface area is 133 Å². The summed E-state index contributed by atoms with van der Waals surface area (Å²) >= 11 is 1.18. The molecular weight excluding hydrogens is 304 g/mol. The number of carbonyl (C=O) groups is 3. The predicted molar refractivity (Wildman–Crippen MR) is 83.5 cm³/mol. The molecule has 1 saturated heterocycles. The monoisotopic (exact) mass is 322 g/mol. The average Bonchev–Trinajstić information content (AvgIpc) is 2.91. The number of ether oxygens (including phenoxy) is 1. The molecule has 0 bridgehead atoms. The van der Waals surface area contributed by atoms with Crippen LogP contribution in [0.2, 0.25) is 0 Å². The summed E-state index contributed by atoms with van der Waals surface area (Å²) in [5.41, 5.74) is 1.13. The van der Waals surface area contributed by atoms with Crippen LogP contribution in [0.15, 0.2) is 30.3 Å². The molecule has 2 rings (SSSR count). The predicted octanol–water partition coefficient (Wildman–Crippen LogP) is 1.06. The SMILES string of the molecule is O=C(COC(=O)CN1CCSC1=O)NCCc1ccccc1. The van der Waals surface area contributed by atoms with Gasteiger partial charge in [-0.05, 0) is 12.0 Å². The van der Waals surface area contributed by atoms with E-state index in [4.69, 9.17) is 4.74 Å². The van der Waals surface area contributed by atoms with Gasteiger partial charge in [-0.1, -0.05) is 42.1 Å². The summed E-state index contributed by atoms with van der Waals surface area (Å²) in [6.07, 6.45) is 0.722. The van der Waals surface area contributed by atoms with Gasteiger partial charge >= 0.3 is 5.97 Å². The van der Waals surface area contributed by atoms with Gasteiger partial charge in [0.25, 0.3) is 11.1 Å². The van der Waals surface area contributed by atoms with Gasteiger partial charge in [-0.3, -0.25) is 14.4 Å². The van der Waals surface area contributed by atoms with Crippen LogP contribution in [0.25, 0.3) is 0 Å². The summed E-state index contributed by atoms with van der Waals surface area (Å²) in [6.45, 7) is 0.620. The van der Waals surface area contributed by atoms with E-state index in [0.29, 0.717) is 18.8 Å². The second-order valence-electron chi connectivity index (χ2n) is 4.78. The van der Waals surface area contributed by atoms with Crippen molar-refractivity contribution in [2.24, 2.45) is 0 Å². The molecule has 7 heteroatoms. The van der Waals surface area contributed by atoms with Gasteiger partial charge < -0.3 is 15.0 Å². The van der Waals surface area contributed by atoms with E-state index in [1.807, 2.05) is 30.3 Å². The van der Waals surface area contributed by atoms with Crippen LogP contribution in [-0.4, -0.2) is 54.0 Å². The number of benzene rings is 1. The zero-order chi connectivity index (χ0) is 15.8. The Hall–Kier alpha value is -2.02. The molecule has 1 N–H and O–H groups in total. The lowest BCUT2D eigenvalue weighted by molar-refractivity contribution is -0.148. The fourth-order valence-electron chi connectivity index (χ4n) is 1.96. The van der Waals surface area contributed by atoms with Gasteiger partial charge in [0.1, 0.15) is 6.54 Å². The second kappa shape index (κ2) is 8.43. The molecule has 0 aliphatic carbocycles. The number of carbonyl (C=O) groups excluding carboxylic acids is 3. The maximum absolute atomic E-state index is 11.6. The van der Waals surface area contributed by atoms with Crippen LogP contribution in [0.4, 0.5) is 4.79 Å². The number of nitrogens with zero attached hydrogens (tertiary/aromatic N) is 1. The molecule has 2 amide bonds. The van der Waals surface area contributed by atoms with Gasteiger partial charge in [0, 0.05) is 18.8 Å². The summed E-state index contributed by atoms with van der Waals surface area (Å²) in [4.78, 5) is 35.8. The van der Waals surface area contributed by atoms with E-state index in [0.717, 1.165) is 12.0 Å². The lowest BCUT2D eigenvalue weighted by atomic mass is 10.1. The highest BCUT2D eigenvalue weighted by atomic mass is 32.2. The Morgan fingerprint density at radius 2 is 2.05 bits per heavy atom. The molecule has 0 unspecified atom stereocenters. The molecule has 22 heavy (non-hydrogen) atoms. The molecule has 1 fully saturated rings. The molecule has 1 aliphatic heterocycles. The highest BCUT2D eigenvalue weighted by molar-refractivity contribution is 8.13. The quantitative estimate of drug-likeness (QED) is 0.760. The van der Waals surface area contributed by atoms with Crippen molar-refractivity contribution >= 4 is 28.9 Å². The van der Waals surface area contributed by atoms with Crippen molar-refractivity contribution < 1.29 is 19.1 Å². The Bertz CT molecular complexity index is 536. The van der Waals surface area contributed by atoms with Crippen molar-refractivity contribution in [1.29, 1.82) is 0 Å². The van der Waals surface area contributed by atoms with E-state index >= 15 is 0 Å². The van der Waals surface area contributed by atoms with Crippen LogP contribution in [-0.2, 0) is 20.7 Å². The minimum absolute atomic E-state index is 0.0941. The first-order valence-corrected chi connectivity index (χ1v) is 8.01. The van der Waals surface area contributed by atoms with Crippen molar-refractivity contribution in [3.63, 3.8) is 0 Å². The molecule has 0 saturated carbocycles. The van der Waals surface area contributed by atoms with Crippen LogP contribution < -0.4 is 5.32 Å². The van der Waals surface area contributed by atoms with Crippen LogP contribution in [0.3, 0.4) is 0 Å². The minimum Gasteiger partial charge on any atom is -0.454 e. The Morgan fingerprint density at radius 3 is 2.73 bits per heavy atom. The fraction of sp³-hybridized carbons (Fsp3) is 0.400. The summed E-state index contributed by atoms with van der Waals surface area (Å²) in [5, 5.41) is 2.57. The topological polar surface area (TPSA) is 75.7 Å². The summed E-state index contributed by atoms with van der Waals surface area (Å²) in [7, 11) is 0. The van der Waals surface area contributed by atoms with Gasteiger partial charge in [-0.25, -0.2) is 0 Å². The summed E-state index contributed by atoms with van der Waals surface area (Å²) in [5.74, 6) is -0.216. The summed E-state index contributed by atoms with van der Waals surface area (Å²) < 4.78 is 4.86. The molecule has 0 atom stereocenters. The van der Waals surface area contributed by atoms with Crippen molar-refractivity contribution in [2.45, 2.75) is 6.42 Å². The van der Waals surface area contributed by atoms with Crippen LogP contribution in [0, 0.1) is 0 Å². The number of nitrogens with one attached hydrogen (secondary N) is 1. The number of hydrogen-bond acceptors (Lipinski definition) is 5. The van der Waals surface area contributed by atoms with Crippen molar-refractivity contribution in [2.75, 3.05) is 32.0 Å². The molecule has 1 aromatic rings. The van der Waals surface area contributed by atoms with E-state index in [-0.39, 0.29) is 24.3 Å². The third-order valence-corrected chi connectivity index (χ3v) is 4.00.